The predicted molar refractivity (Wildman–Crippen MR) is 118 cm³/mol. The van der Waals surface area contributed by atoms with E-state index in [4.69, 9.17) is 0 Å². The number of nitrogens with zero attached hydrogens (tertiary/aromatic N) is 4. The first-order chi connectivity index (χ1) is 15.9. The van der Waals surface area contributed by atoms with E-state index in [0.29, 0.717) is 42.0 Å². The minimum absolute atomic E-state index is 0.0371. The molecule has 1 aliphatic rings. The highest BCUT2D eigenvalue weighted by molar-refractivity contribution is 7.89. The van der Waals surface area contributed by atoms with Crippen molar-refractivity contribution in [2.45, 2.75) is 43.7 Å². The quantitative estimate of drug-likeness (QED) is 0.599. The van der Waals surface area contributed by atoms with Crippen LogP contribution in [-0.4, -0.2) is 54.0 Å². The molecule has 0 saturated carbocycles. The molecule has 2 aromatic heterocycles. The maximum absolute atomic E-state index is 13.3. The Morgan fingerprint density at radius 2 is 1.91 bits per heavy atom. The maximum atomic E-state index is 13.3. The van der Waals surface area contributed by atoms with Gasteiger partial charge >= 0.3 is 6.18 Å². The largest absolute Gasteiger partial charge is 0.417 e. The van der Waals surface area contributed by atoms with E-state index < -0.39 is 21.8 Å². The van der Waals surface area contributed by atoms with Gasteiger partial charge in [0.15, 0.2) is 5.65 Å². The summed E-state index contributed by atoms with van der Waals surface area (Å²) in [4.78, 5) is 14.9. The van der Waals surface area contributed by atoms with Crippen LogP contribution in [0.5, 0.6) is 0 Å². The molecule has 182 valence electrons. The standard InChI is InChI=1S/C22H24F3N5O3S/c1-13-9-16(10-18(14(13)2)34(32,33)26-3)21(31)29-8-4-5-15(11-29)20-28-27-19-7-6-17(12-30(19)20)22(23,24)25/h6-7,9-10,12,15,26H,4-5,8,11H2,1-3H3. The van der Waals surface area contributed by atoms with Crippen LogP contribution >= 0.6 is 0 Å². The Hall–Kier alpha value is -2.99. The van der Waals surface area contributed by atoms with E-state index in [1.165, 1.54) is 23.6 Å². The Morgan fingerprint density at radius 3 is 2.59 bits per heavy atom. The van der Waals surface area contributed by atoms with Gasteiger partial charge in [0.05, 0.1) is 10.5 Å². The molecule has 3 heterocycles. The summed E-state index contributed by atoms with van der Waals surface area (Å²) in [6.07, 6.45) is -2.27. The molecule has 1 atom stereocenters. The molecule has 4 rings (SSSR count). The van der Waals surface area contributed by atoms with Gasteiger partial charge in [-0.2, -0.15) is 13.2 Å². The molecule has 1 unspecified atom stereocenters. The lowest BCUT2D eigenvalue weighted by Gasteiger charge is -2.32. The van der Waals surface area contributed by atoms with E-state index in [2.05, 4.69) is 14.9 Å². The van der Waals surface area contributed by atoms with Crippen LogP contribution in [0.25, 0.3) is 5.65 Å². The summed E-state index contributed by atoms with van der Waals surface area (Å²) < 4.78 is 68.0. The number of halogens is 3. The second kappa shape index (κ2) is 8.66. The SMILES string of the molecule is CNS(=O)(=O)c1cc(C(=O)N2CCCC(c3nnc4ccc(C(F)(F)F)cn34)C2)cc(C)c1C. The molecule has 1 fully saturated rings. The third-order valence-electron chi connectivity index (χ3n) is 6.25. The Kier molecular flexibility index (Phi) is 6.15. The third kappa shape index (κ3) is 4.39. The minimum Gasteiger partial charge on any atom is -0.338 e. The fraction of sp³-hybridized carbons (Fsp3) is 0.409. The lowest BCUT2D eigenvalue weighted by atomic mass is 9.96. The second-order valence-corrected chi connectivity index (χ2v) is 10.3. The Labute approximate surface area is 194 Å². The van der Waals surface area contributed by atoms with Crippen molar-refractivity contribution >= 4 is 21.6 Å². The summed E-state index contributed by atoms with van der Waals surface area (Å²) in [5.41, 5.74) is 0.943. The van der Waals surface area contributed by atoms with Crippen molar-refractivity contribution < 1.29 is 26.4 Å². The van der Waals surface area contributed by atoms with E-state index in [9.17, 15) is 26.4 Å². The van der Waals surface area contributed by atoms with Gasteiger partial charge in [-0.15, -0.1) is 10.2 Å². The van der Waals surface area contributed by atoms with Crippen LogP contribution in [0.2, 0.25) is 0 Å². The zero-order chi connectivity index (χ0) is 24.8. The second-order valence-electron chi connectivity index (χ2n) is 8.42. The number of benzene rings is 1. The number of alkyl halides is 3. The van der Waals surface area contributed by atoms with Gasteiger partial charge in [0.2, 0.25) is 10.0 Å². The zero-order valence-corrected chi connectivity index (χ0v) is 19.7. The van der Waals surface area contributed by atoms with Crippen molar-refractivity contribution in [1.29, 1.82) is 0 Å². The first kappa shape index (κ1) is 24.1. The number of carbonyl (C=O) groups is 1. The first-order valence-electron chi connectivity index (χ1n) is 10.7. The van der Waals surface area contributed by atoms with Crippen molar-refractivity contribution in [2.24, 2.45) is 0 Å². The fourth-order valence-electron chi connectivity index (χ4n) is 4.25. The van der Waals surface area contributed by atoms with Crippen LogP contribution in [0.4, 0.5) is 13.2 Å². The predicted octanol–water partition coefficient (Wildman–Crippen LogP) is 3.29. The lowest BCUT2D eigenvalue weighted by Crippen LogP contribution is -2.39. The minimum atomic E-state index is -4.50. The number of pyridine rings is 1. The van der Waals surface area contributed by atoms with E-state index in [1.807, 2.05) is 0 Å². The van der Waals surface area contributed by atoms with Gasteiger partial charge in [-0.1, -0.05) is 0 Å². The number of hydrogen-bond donors (Lipinski definition) is 1. The Morgan fingerprint density at radius 1 is 1.18 bits per heavy atom. The van der Waals surface area contributed by atoms with Gasteiger partial charge < -0.3 is 4.90 Å². The topological polar surface area (TPSA) is 96.7 Å². The molecule has 12 heteroatoms. The van der Waals surface area contributed by atoms with Gasteiger partial charge in [0, 0.05) is 30.8 Å². The van der Waals surface area contributed by atoms with E-state index in [0.717, 1.165) is 12.3 Å². The highest BCUT2D eigenvalue weighted by Gasteiger charge is 2.33. The number of likely N-dealkylation sites (tertiary alicyclic amines) is 1. The van der Waals surface area contributed by atoms with Crippen LogP contribution in [-0.2, 0) is 16.2 Å². The number of hydrogen-bond acceptors (Lipinski definition) is 5. The van der Waals surface area contributed by atoms with Gasteiger partial charge in [-0.25, -0.2) is 13.1 Å². The monoisotopic (exact) mass is 495 g/mol. The van der Waals surface area contributed by atoms with Crippen LogP contribution < -0.4 is 4.72 Å². The number of carbonyl (C=O) groups excluding carboxylic acids is 1. The van der Waals surface area contributed by atoms with Crippen molar-refractivity contribution in [3.05, 3.63) is 58.5 Å². The normalized spacial score (nSPS) is 17.4. The Balaban J connectivity index is 1.65. The molecule has 1 aromatic carbocycles. The number of fused-ring (bicyclic) bond motifs is 1. The lowest BCUT2D eigenvalue weighted by molar-refractivity contribution is -0.137. The average molecular weight is 496 g/mol. The van der Waals surface area contributed by atoms with Crippen molar-refractivity contribution in [1.82, 2.24) is 24.2 Å². The average Bonchev–Trinajstić information content (AvgIpc) is 3.23. The molecular weight excluding hydrogens is 471 g/mol. The molecule has 1 N–H and O–H groups in total. The van der Waals surface area contributed by atoms with Crippen molar-refractivity contribution in [2.75, 3.05) is 20.1 Å². The number of nitrogens with one attached hydrogen (secondary N) is 1. The highest BCUT2D eigenvalue weighted by Crippen LogP contribution is 2.32. The smallest absolute Gasteiger partial charge is 0.338 e. The molecule has 0 spiro atoms. The molecular formula is C22H24F3N5O3S. The van der Waals surface area contributed by atoms with Gasteiger partial charge in [-0.05, 0) is 69.1 Å². The Bertz CT molecular complexity index is 1370. The number of aryl methyl sites for hydroxylation is 1. The number of aromatic nitrogens is 3. The summed E-state index contributed by atoms with van der Waals surface area (Å²) in [6, 6.07) is 5.24. The highest BCUT2D eigenvalue weighted by atomic mass is 32.2. The molecule has 3 aromatic rings. The number of sulfonamides is 1. The summed E-state index contributed by atoms with van der Waals surface area (Å²) in [6.45, 7) is 4.09. The molecule has 1 aliphatic heterocycles. The van der Waals surface area contributed by atoms with Crippen molar-refractivity contribution in [3.8, 4) is 0 Å². The number of amides is 1. The van der Waals surface area contributed by atoms with E-state index in [-0.39, 0.29) is 28.8 Å². The van der Waals surface area contributed by atoms with E-state index in [1.54, 1.807) is 24.8 Å². The molecule has 0 radical (unpaired) electrons. The number of piperidine rings is 1. The van der Waals surface area contributed by atoms with E-state index >= 15 is 0 Å². The molecule has 34 heavy (non-hydrogen) atoms. The molecule has 0 bridgehead atoms. The molecule has 0 aliphatic carbocycles. The fourth-order valence-corrected chi connectivity index (χ4v) is 5.32. The molecule has 1 amide bonds. The summed E-state index contributed by atoms with van der Waals surface area (Å²) >= 11 is 0. The number of rotatable bonds is 4. The summed E-state index contributed by atoms with van der Waals surface area (Å²) in [7, 11) is -2.45. The van der Waals surface area contributed by atoms with Gasteiger partial charge in [-0.3, -0.25) is 9.20 Å². The van der Waals surface area contributed by atoms with Crippen LogP contribution in [0.1, 0.15) is 51.6 Å². The van der Waals surface area contributed by atoms with Crippen LogP contribution in [0.3, 0.4) is 0 Å². The summed E-state index contributed by atoms with van der Waals surface area (Å²) in [5, 5.41) is 8.09. The summed E-state index contributed by atoms with van der Waals surface area (Å²) in [5.74, 6) is -0.300. The van der Waals surface area contributed by atoms with Gasteiger partial charge in [0.1, 0.15) is 5.82 Å². The molecule has 8 nitrogen and oxygen atoms in total. The van der Waals surface area contributed by atoms with Crippen LogP contribution in [0.15, 0.2) is 35.4 Å². The van der Waals surface area contributed by atoms with Crippen molar-refractivity contribution in [3.63, 3.8) is 0 Å². The van der Waals surface area contributed by atoms with Crippen LogP contribution in [0, 0.1) is 13.8 Å². The van der Waals surface area contributed by atoms with Gasteiger partial charge in [0.25, 0.3) is 5.91 Å². The zero-order valence-electron chi connectivity index (χ0n) is 18.8. The first-order valence-corrected chi connectivity index (χ1v) is 12.2. The maximum Gasteiger partial charge on any atom is 0.417 e. The third-order valence-corrected chi connectivity index (χ3v) is 7.80. The molecule has 1 saturated heterocycles.